The number of ketones is 2. The minimum absolute atomic E-state index is 0.0124. The summed E-state index contributed by atoms with van der Waals surface area (Å²) in [7, 11) is 0. The van der Waals surface area contributed by atoms with E-state index in [-0.39, 0.29) is 36.0 Å². The average molecular weight is 328 g/mol. The lowest BCUT2D eigenvalue weighted by atomic mass is 9.87. The average Bonchev–Trinajstić information content (AvgIpc) is 2.81. The third-order valence-corrected chi connectivity index (χ3v) is 4.53. The molecule has 2 aliphatic rings. The van der Waals surface area contributed by atoms with E-state index in [2.05, 4.69) is 13.2 Å². The van der Waals surface area contributed by atoms with Gasteiger partial charge >= 0.3 is 5.97 Å². The normalized spacial score (nSPS) is 28.6. The molecule has 0 radical (unpaired) electrons. The fourth-order valence-corrected chi connectivity index (χ4v) is 3.04. The molecule has 0 unspecified atom stereocenters. The molecule has 0 spiro atoms. The molecule has 0 N–H and O–H groups in total. The van der Waals surface area contributed by atoms with Crippen LogP contribution in [0.2, 0.25) is 0 Å². The Hall–Kier alpha value is -2.23. The van der Waals surface area contributed by atoms with Gasteiger partial charge in [-0.15, -0.1) is 0 Å². The van der Waals surface area contributed by atoms with Crippen molar-refractivity contribution in [3.8, 4) is 0 Å². The Morgan fingerprint density at radius 1 is 1.25 bits per heavy atom. The van der Waals surface area contributed by atoms with E-state index in [1.165, 1.54) is 6.08 Å². The van der Waals surface area contributed by atoms with Crippen LogP contribution in [-0.2, 0) is 19.1 Å². The van der Waals surface area contributed by atoms with Gasteiger partial charge in [0.25, 0.3) is 0 Å². The number of carbonyl (C=O) groups is 3. The van der Waals surface area contributed by atoms with Crippen molar-refractivity contribution < 1.29 is 19.1 Å². The van der Waals surface area contributed by atoms with Crippen LogP contribution in [0, 0.1) is 5.92 Å². The molecule has 24 heavy (non-hydrogen) atoms. The highest BCUT2D eigenvalue weighted by Crippen LogP contribution is 2.29. The minimum Gasteiger partial charge on any atom is -0.454 e. The molecule has 0 amide bonds. The summed E-state index contributed by atoms with van der Waals surface area (Å²) in [6, 6.07) is 0. The van der Waals surface area contributed by atoms with Gasteiger partial charge in [-0.25, -0.2) is 4.79 Å². The molecule has 0 saturated carbocycles. The molecule has 0 saturated heterocycles. The third-order valence-electron chi connectivity index (χ3n) is 4.53. The smallest absolute Gasteiger partial charge is 0.334 e. The highest BCUT2D eigenvalue weighted by atomic mass is 16.5. The molecular formula is C20H24O4. The van der Waals surface area contributed by atoms with Gasteiger partial charge in [-0.1, -0.05) is 24.3 Å². The topological polar surface area (TPSA) is 60.4 Å². The van der Waals surface area contributed by atoms with E-state index in [9.17, 15) is 14.4 Å². The summed E-state index contributed by atoms with van der Waals surface area (Å²) in [5, 5.41) is 0. The summed E-state index contributed by atoms with van der Waals surface area (Å²) in [4.78, 5) is 36.4. The van der Waals surface area contributed by atoms with Crippen LogP contribution in [-0.4, -0.2) is 23.6 Å². The Morgan fingerprint density at radius 2 is 1.96 bits per heavy atom. The van der Waals surface area contributed by atoms with Gasteiger partial charge in [0.15, 0.2) is 11.6 Å². The Labute approximate surface area is 143 Å². The summed E-state index contributed by atoms with van der Waals surface area (Å²) in [5.41, 5.74) is 2.71. The molecule has 4 heteroatoms. The molecule has 2 atom stereocenters. The van der Waals surface area contributed by atoms with E-state index in [0.29, 0.717) is 42.4 Å². The van der Waals surface area contributed by atoms with E-state index in [1.807, 2.05) is 13.0 Å². The summed E-state index contributed by atoms with van der Waals surface area (Å²) < 4.78 is 5.34. The highest BCUT2D eigenvalue weighted by Gasteiger charge is 2.27. The molecule has 0 aromatic carbocycles. The van der Waals surface area contributed by atoms with Crippen molar-refractivity contribution >= 4 is 17.5 Å². The van der Waals surface area contributed by atoms with Crippen molar-refractivity contribution in [3.05, 3.63) is 47.6 Å². The Bertz CT molecular complexity index is 663. The molecule has 0 aromatic heterocycles. The molecule has 1 aliphatic carbocycles. The monoisotopic (exact) mass is 328 g/mol. The van der Waals surface area contributed by atoms with Crippen molar-refractivity contribution in [2.75, 3.05) is 0 Å². The van der Waals surface area contributed by atoms with Crippen molar-refractivity contribution in [1.29, 1.82) is 0 Å². The fraction of sp³-hybridized carbons (Fsp3) is 0.450. The van der Waals surface area contributed by atoms with Crippen molar-refractivity contribution in [3.63, 3.8) is 0 Å². The molecule has 1 aliphatic heterocycles. The van der Waals surface area contributed by atoms with E-state index >= 15 is 0 Å². The summed E-state index contributed by atoms with van der Waals surface area (Å²) in [6.45, 7) is 11.4. The number of rotatable bonds is 1. The van der Waals surface area contributed by atoms with Gasteiger partial charge in [0.1, 0.15) is 6.10 Å². The summed E-state index contributed by atoms with van der Waals surface area (Å²) in [5.74, 6) is -0.528. The van der Waals surface area contributed by atoms with E-state index in [0.717, 1.165) is 5.57 Å². The third kappa shape index (κ3) is 4.63. The van der Waals surface area contributed by atoms with E-state index in [1.54, 1.807) is 6.92 Å². The van der Waals surface area contributed by atoms with Crippen LogP contribution in [0.25, 0.3) is 0 Å². The predicted molar refractivity (Wildman–Crippen MR) is 92.3 cm³/mol. The second-order valence-corrected chi connectivity index (χ2v) is 6.77. The largest absolute Gasteiger partial charge is 0.454 e. The first-order valence-electron chi connectivity index (χ1n) is 8.24. The van der Waals surface area contributed by atoms with E-state index in [4.69, 9.17) is 4.74 Å². The second-order valence-electron chi connectivity index (χ2n) is 6.77. The molecule has 4 nitrogen and oxygen atoms in total. The van der Waals surface area contributed by atoms with Gasteiger partial charge < -0.3 is 4.74 Å². The Morgan fingerprint density at radius 3 is 2.62 bits per heavy atom. The lowest BCUT2D eigenvalue weighted by Gasteiger charge is -2.16. The fourth-order valence-electron chi connectivity index (χ4n) is 3.04. The van der Waals surface area contributed by atoms with Crippen LogP contribution < -0.4 is 0 Å². The first kappa shape index (κ1) is 18.1. The van der Waals surface area contributed by atoms with Gasteiger partial charge in [0.05, 0.1) is 0 Å². The van der Waals surface area contributed by atoms with Crippen molar-refractivity contribution in [1.82, 2.24) is 0 Å². The van der Waals surface area contributed by atoms with Crippen LogP contribution in [0.1, 0.15) is 46.0 Å². The van der Waals surface area contributed by atoms with Crippen LogP contribution in [0.15, 0.2) is 47.6 Å². The molecule has 2 bridgehead atoms. The zero-order chi connectivity index (χ0) is 17.9. The number of Topliss-reactive ketones (excluding diaryl/α,β-unsaturated/α-hetero) is 1. The number of hydrogen-bond acceptors (Lipinski definition) is 4. The van der Waals surface area contributed by atoms with Gasteiger partial charge in [0.2, 0.25) is 0 Å². The predicted octanol–water partition coefficient (Wildman–Crippen LogP) is 3.64. The number of hydrogen-bond donors (Lipinski definition) is 0. The second kappa shape index (κ2) is 7.56. The number of fused-ring (bicyclic) bond motifs is 1. The first-order valence-corrected chi connectivity index (χ1v) is 8.24. The SMILES string of the molecule is C=C1CC(=O)/C=C(/C)C(=O)C[C@H](C(=C)C)CCC2=C[C@H](C1)OC2=O. The van der Waals surface area contributed by atoms with Gasteiger partial charge in [-0.2, -0.15) is 0 Å². The van der Waals surface area contributed by atoms with E-state index < -0.39 is 0 Å². The van der Waals surface area contributed by atoms with Crippen LogP contribution in [0.5, 0.6) is 0 Å². The number of ether oxygens (including phenoxy) is 1. The maximum absolute atomic E-state index is 12.4. The zero-order valence-electron chi connectivity index (χ0n) is 14.4. The minimum atomic E-state index is -0.342. The standard InChI is InChI=1S/C20H24O4/c1-12(2)15-5-6-16-10-18(24-20(16)23)8-13(3)7-17(21)9-14(4)19(22)11-15/h9-10,15,18H,1,3,5-8,11H2,2,4H3/b14-9-/t15-,18+/m1/s1. The summed E-state index contributed by atoms with van der Waals surface area (Å²) in [6.07, 6.45) is 5.00. The van der Waals surface area contributed by atoms with Gasteiger partial charge in [0, 0.05) is 24.8 Å². The lowest BCUT2D eigenvalue weighted by Crippen LogP contribution is -2.12. The quantitative estimate of drug-likeness (QED) is 0.545. The maximum atomic E-state index is 12.4. The molecule has 2 rings (SSSR count). The zero-order valence-corrected chi connectivity index (χ0v) is 14.4. The Balaban J connectivity index is 2.26. The van der Waals surface area contributed by atoms with Crippen LogP contribution >= 0.6 is 0 Å². The molecule has 128 valence electrons. The van der Waals surface area contributed by atoms with Crippen molar-refractivity contribution in [2.45, 2.75) is 52.1 Å². The van der Waals surface area contributed by atoms with Gasteiger partial charge in [-0.05, 0) is 50.3 Å². The molecule has 1 heterocycles. The Kier molecular flexibility index (Phi) is 5.71. The summed E-state index contributed by atoms with van der Waals surface area (Å²) >= 11 is 0. The first-order chi connectivity index (χ1) is 11.3. The lowest BCUT2D eigenvalue weighted by molar-refractivity contribution is -0.139. The highest BCUT2D eigenvalue weighted by molar-refractivity contribution is 6.03. The maximum Gasteiger partial charge on any atom is 0.334 e. The van der Waals surface area contributed by atoms with Gasteiger partial charge in [-0.3, -0.25) is 9.59 Å². The molecule has 0 fully saturated rings. The van der Waals surface area contributed by atoms with Crippen LogP contribution in [0.4, 0.5) is 0 Å². The molecular weight excluding hydrogens is 304 g/mol. The number of esters is 1. The number of carbonyl (C=O) groups excluding carboxylic acids is 3. The number of allylic oxidation sites excluding steroid dienone is 3. The van der Waals surface area contributed by atoms with Crippen LogP contribution in [0.3, 0.4) is 0 Å². The molecule has 0 aromatic rings. The van der Waals surface area contributed by atoms with Crippen molar-refractivity contribution in [2.24, 2.45) is 5.92 Å².